The van der Waals surface area contributed by atoms with E-state index in [1.807, 2.05) is 0 Å². The van der Waals surface area contributed by atoms with Gasteiger partial charge in [-0.15, -0.1) is 0 Å². The molecule has 0 saturated heterocycles. The van der Waals surface area contributed by atoms with Crippen molar-refractivity contribution in [3.8, 4) is 0 Å². The molecule has 9 heteroatoms. The van der Waals surface area contributed by atoms with Gasteiger partial charge in [-0.05, 0) is 36.2 Å². The summed E-state index contributed by atoms with van der Waals surface area (Å²) >= 11 is 0. The first kappa shape index (κ1) is 19.8. The lowest BCUT2D eigenvalue weighted by atomic mass is 10.1. The lowest BCUT2D eigenvalue weighted by molar-refractivity contribution is 0.0937. The number of rotatable bonds is 9. The van der Waals surface area contributed by atoms with Crippen molar-refractivity contribution >= 4 is 21.7 Å². The van der Waals surface area contributed by atoms with Crippen LogP contribution < -0.4 is 15.8 Å². The highest BCUT2D eigenvalue weighted by atomic mass is 32.2. The largest absolute Gasteiger partial charge is 0.383 e. The minimum Gasteiger partial charge on any atom is -0.383 e. The van der Waals surface area contributed by atoms with Crippen molar-refractivity contribution in [1.82, 2.24) is 10.3 Å². The molecule has 8 nitrogen and oxygen atoms in total. The Morgan fingerprint density at radius 3 is 2.46 bits per heavy atom. The molecule has 0 atom stereocenters. The van der Waals surface area contributed by atoms with Crippen LogP contribution in [0.3, 0.4) is 0 Å². The molecule has 0 aliphatic rings. The van der Waals surface area contributed by atoms with Crippen LogP contribution in [0.2, 0.25) is 0 Å². The van der Waals surface area contributed by atoms with Gasteiger partial charge in [0.05, 0.1) is 17.1 Å². The first-order chi connectivity index (χ1) is 12.4. The Morgan fingerprint density at radius 2 is 1.88 bits per heavy atom. The number of nitrogens with one attached hydrogen (secondary N) is 2. The first-order valence-electron chi connectivity index (χ1n) is 7.99. The number of benzene rings is 1. The van der Waals surface area contributed by atoms with Crippen LogP contribution in [-0.4, -0.2) is 46.1 Å². The third kappa shape index (κ3) is 6.10. The maximum absolute atomic E-state index is 11.8. The zero-order valence-electron chi connectivity index (χ0n) is 14.4. The molecule has 2 aromatic rings. The Balaban J connectivity index is 1.82. The number of pyridine rings is 1. The summed E-state index contributed by atoms with van der Waals surface area (Å²) in [5, 5.41) is 10.9. The topological polar surface area (TPSA) is 123 Å². The third-order valence-corrected chi connectivity index (χ3v) is 4.52. The quantitative estimate of drug-likeness (QED) is 0.554. The normalized spacial score (nSPS) is 11.2. The molecule has 0 saturated carbocycles. The second kappa shape index (κ2) is 9.27. The van der Waals surface area contributed by atoms with E-state index in [0.29, 0.717) is 37.5 Å². The van der Waals surface area contributed by atoms with Crippen molar-refractivity contribution < 1.29 is 17.9 Å². The van der Waals surface area contributed by atoms with Gasteiger partial charge in [-0.3, -0.25) is 4.79 Å². The van der Waals surface area contributed by atoms with Gasteiger partial charge >= 0.3 is 0 Å². The molecule has 0 bridgehead atoms. The molecule has 140 valence electrons. The average Bonchev–Trinajstić information content (AvgIpc) is 2.62. The zero-order valence-corrected chi connectivity index (χ0v) is 15.3. The number of aromatic nitrogens is 1. The lowest BCUT2D eigenvalue weighted by Crippen LogP contribution is -2.27. The second-order valence-corrected chi connectivity index (χ2v) is 7.11. The lowest BCUT2D eigenvalue weighted by Gasteiger charge is -2.08. The average molecular weight is 378 g/mol. The highest BCUT2D eigenvalue weighted by molar-refractivity contribution is 7.89. The number of amides is 1. The summed E-state index contributed by atoms with van der Waals surface area (Å²) in [6.45, 7) is 1.51. The molecular weight excluding hydrogens is 356 g/mol. The van der Waals surface area contributed by atoms with Crippen LogP contribution >= 0.6 is 0 Å². The molecule has 0 aliphatic heterocycles. The summed E-state index contributed by atoms with van der Waals surface area (Å²) in [4.78, 5) is 16.1. The van der Waals surface area contributed by atoms with E-state index in [1.54, 1.807) is 31.4 Å². The van der Waals surface area contributed by atoms with Crippen LogP contribution in [0.5, 0.6) is 0 Å². The van der Waals surface area contributed by atoms with Crippen molar-refractivity contribution in [1.29, 1.82) is 0 Å². The maximum Gasteiger partial charge on any atom is 0.252 e. The van der Waals surface area contributed by atoms with E-state index in [-0.39, 0.29) is 10.8 Å². The predicted molar refractivity (Wildman–Crippen MR) is 98.5 cm³/mol. The fraction of sp³-hybridized carbons (Fsp3) is 0.294. The SMILES string of the molecule is COCCNC(=O)c1ccc(NCCc2ccc(S(N)(=O)=O)cc2)nc1. The van der Waals surface area contributed by atoms with Crippen LogP contribution in [0.15, 0.2) is 47.5 Å². The van der Waals surface area contributed by atoms with Gasteiger partial charge in [0.15, 0.2) is 0 Å². The van der Waals surface area contributed by atoms with Gasteiger partial charge in [0.1, 0.15) is 5.82 Å². The van der Waals surface area contributed by atoms with E-state index < -0.39 is 10.0 Å². The molecule has 1 amide bonds. The van der Waals surface area contributed by atoms with Gasteiger partial charge in [0.2, 0.25) is 10.0 Å². The molecule has 0 fully saturated rings. The summed E-state index contributed by atoms with van der Waals surface area (Å²) in [6, 6.07) is 9.85. The molecular formula is C17H22N4O4S. The molecule has 0 radical (unpaired) electrons. The molecule has 0 unspecified atom stereocenters. The van der Waals surface area contributed by atoms with Crippen molar-refractivity contribution in [2.45, 2.75) is 11.3 Å². The number of methoxy groups -OCH3 is 1. The number of hydrogen-bond acceptors (Lipinski definition) is 6. The van der Waals surface area contributed by atoms with E-state index >= 15 is 0 Å². The molecule has 0 spiro atoms. The third-order valence-electron chi connectivity index (χ3n) is 3.59. The monoisotopic (exact) mass is 378 g/mol. The van der Waals surface area contributed by atoms with Crippen LogP contribution in [0.4, 0.5) is 5.82 Å². The van der Waals surface area contributed by atoms with Gasteiger partial charge in [-0.1, -0.05) is 12.1 Å². The van der Waals surface area contributed by atoms with Crippen LogP contribution in [0, 0.1) is 0 Å². The van der Waals surface area contributed by atoms with E-state index in [2.05, 4.69) is 15.6 Å². The number of sulfonamides is 1. The van der Waals surface area contributed by atoms with Crippen molar-refractivity contribution in [3.63, 3.8) is 0 Å². The highest BCUT2D eigenvalue weighted by Crippen LogP contribution is 2.10. The van der Waals surface area contributed by atoms with Crippen LogP contribution in [0.25, 0.3) is 0 Å². The number of primary sulfonamides is 1. The number of hydrogen-bond donors (Lipinski definition) is 3. The number of carbonyl (C=O) groups excluding carboxylic acids is 1. The molecule has 0 aliphatic carbocycles. The summed E-state index contributed by atoms with van der Waals surface area (Å²) in [5.74, 6) is 0.454. The van der Waals surface area contributed by atoms with Crippen LogP contribution in [-0.2, 0) is 21.2 Å². The number of ether oxygens (including phenoxy) is 1. The van der Waals surface area contributed by atoms with E-state index in [9.17, 15) is 13.2 Å². The number of nitrogens with two attached hydrogens (primary N) is 1. The Bertz CT molecular complexity index is 821. The van der Waals surface area contributed by atoms with Gasteiger partial charge < -0.3 is 15.4 Å². The molecule has 4 N–H and O–H groups in total. The number of nitrogens with zero attached hydrogens (tertiary/aromatic N) is 1. The number of anilines is 1. The Kier molecular flexibility index (Phi) is 7.07. The standard InChI is InChI=1S/C17H22N4O4S/c1-25-11-10-20-17(22)14-4-7-16(21-12-14)19-9-8-13-2-5-15(6-3-13)26(18,23)24/h2-7,12H,8-11H2,1H3,(H,19,21)(H,20,22)(H2,18,23,24). The summed E-state index contributed by atoms with van der Waals surface area (Å²) in [6.07, 6.45) is 2.19. The van der Waals surface area contributed by atoms with E-state index in [4.69, 9.17) is 9.88 Å². The van der Waals surface area contributed by atoms with Gasteiger partial charge in [0.25, 0.3) is 5.91 Å². The highest BCUT2D eigenvalue weighted by Gasteiger charge is 2.07. The van der Waals surface area contributed by atoms with Crippen molar-refractivity contribution in [2.75, 3.05) is 32.1 Å². The van der Waals surface area contributed by atoms with Crippen molar-refractivity contribution in [2.24, 2.45) is 5.14 Å². The van der Waals surface area contributed by atoms with Gasteiger partial charge in [-0.2, -0.15) is 0 Å². The zero-order chi connectivity index (χ0) is 19.0. The molecule has 1 aromatic heterocycles. The molecule has 2 rings (SSSR count). The molecule has 1 heterocycles. The fourth-order valence-corrected chi connectivity index (χ4v) is 2.70. The minimum absolute atomic E-state index is 0.0928. The minimum atomic E-state index is -3.67. The maximum atomic E-state index is 11.8. The van der Waals surface area contributed by atoms with E-state index in [1.165, 1.54) is 18.3 Å². The molecule has 26 heavy (non-hydrogen) atoms. The Labute approximate surface area is 152 Å². The predicted octanol–water partition coefficient (Wildman–Crippen LogP) is 0.760. The Morgan fingerprint density at radius 1 is 1.15 bits per heavy atom. The molecule has 1 aromatic carbocycles. The first-order valence-corrected chi connectivity index (χ1v) is 9.53. The summed E-state index contributed by atoms with van der Waals surface area (Å²) < 4.78 is 27.3. The van der Waals surface area contributed by atoms with Gasteiger partial charge in [0, 0.05) is 26.4 Å². The second-order valence-electron chi connectivity index (χ2n) is 5.55. The fourth-order valence-electron chi connectivity index (χ4n) is 2.18. The van der Waals surface area contributed by atoms with Gasteiger partial charge in [-0.25, -0.2) is 18.5 Å². The van der Waals surface area contributed by atoms with Crippen molar-refractivity contribution in [3.05, 3.63) is 53.7 Å². The Hall–Kier alpha value is -2.49. The number of carbonyl (C=O) groups is 1. The summed E-state index contributed by atoms with van der Waals surface area (Å²) in [5.41, 5.74) is 1.45. The smallest absolute Gasteiger partial charge is 0.252 e. The summed E-state index contributed by atoms with van der Waals surface area (Å²) in [7, 11) is -2.10. The van der Waals surface area contributed by atoms with Crippen LogP contribution in [0.1, 0.15) is 15.9 Å². The van der Waals surface area contributed by atoms with E-state index in [0.717, 1.165) is 5.56 Å².